The second-order valence-corrected chi connectivity index (χ2v) is 7.16. The van der Waals surface area contributed by atoms with Crippen molar-refractivity contribution in [3.8, 4) is 0 Å². The highest BCUT2D eigenvalue weighted by Crippen LogP contribution is 2.31. The van der Waals surface area contributed by atoms with Crippen molar-refractivity contribution >= 4 is 35.1 Å². The van der Waals surface area contributed by atoms with Gasteiger partial charge in [-0.25, -0.2) is 0 Å². The summed E-state index contributed by atoms with van der Waals surface area (Å²) < 4.78 is 0. The van der Waals surface area contributed by atoms with Gasteiger partial charge in [-0.3, -0.25) is 14.4 Å². The summed E-state index contributed by atoms with van der Waals surface area (Å²) >= 11 is 6.15. The van der Waals surface area contributed by atoms with E-state index in [4.69, 9.17) is 16.7 Å². The molecule has 2 aliphatic rings. The van der Waals surface area contributed by atoms with E-state index in [-0.39, 0.29) is 30.2 Å². The summed E-state index contributed by atoms with van der Waals surface area (Å²) in [5, 5.41) is 12.5. The zero-order valence-electron chi connectivity index (χ0n) is 13.8. The number of hydrogen-bond acceptors (Lipinski definition) is 3. The van der Waals surface area contributed by atoms with Gasteiger partial charge in [0.15, 0.2) is 0 Å². The highest BCUT2D eigenvalue weighted by atomic mass is 35.5. The monoisotopic (exact) mass is 364 g/mol. The Morgan fingerprint density at radius 2 is 1.80 bits per heavy atom. The fraction of sp³-hybridized carbons (Fsp3) is 0.500. The zero-order chi connectivity index (χ0) is 18.0. The van der Waals surface area contributed by atoms with Crippen molar-refractivity contribution in [3.05, 3.63) is 29.3 Å². The predicted octanol–water partition coefficient (Wildman–Crippen LogP) is 2.45. The SMILES string of the molecule is O=C(O)C1CCC(NC(=O)[C@H]2CC(=O)N(c3ccccc3Cl)C2)CC1. The number of benzene rings is 1. The number of carbonyl (C=O) groups is 3. The molecular formula is C18H21ClN2O4. The Kier molecular flexibility index (Phi) is 5.27. The molecule has 7 heteroatoms. The number of para-hydroxylation sites is 1. The summed E-state index contributed by atoms with van der Waals surface area (Å²) in [5.74, 6) is -1.72. The molecule has 25 heavy (non-hydrogen) atoms. The summed E-state index contributed by atoms with van der Waals surface area (Å²) in [6.45, 7) is 0.318. The number of carboxylic acids is 1. The molecule has 0 spiro atoms. The molecule has 1 saturated heterocycles. The van der Waals surface area contributed by atoms with Gasteiger partial charge in [0.2, 0.25) is 11.8 Å². The van der Waals surface area contributed by atoms with Crippen LogP contribution >= 0.6 is 11.6 Å². The van der Waals surface area contributed by atoms with E-state index >= 15 is 0 Å². The Bertz CT molecular complexity index is 685. The molecule has 1 aromatic carbocycles. The molecule has 2 amide bonds. The molecule has 1 atom stereocenters. The van der Waals surface area contributed by atoms with E-state index < -0.39 is 11.9 Å². The maximum atomic E-state index is 12.5. The minimum Gasteiger partial charge on any atom is -0.481 e. The van der Waals surface area contributed by atoms with Gasteiger partial charge in [-0.2, -0.15) is 0 Å². The van der Waals surface area contributed by atoms with Crippen molar-refractivity contribution in [2.24, 2.45) is 11.8 Å². The third kappa shape index (κ3) is 3.95. The molecule has 134 valence electrons. The molecule has 1 heterocycles. The van der Waals surface area contributed by atoms with Crippen LogP contribution in [0.15, 0.2) is 24.3 Å². The van der Waals surface area contributed by atoms with Crippen LogP contribution in [0.5, 0.6) is 0 Å². The van der Waals surface area contributed by atoms with Gasteiger partial charge in [-0.15, -0.1) is 0 Å². The van der Waals surface area contributed by atoms with Gasteiger partial charge < -0.3 is 15.3 Å². The molecule has 0 unspecified atom stereocenters. The van der Waals surface area contributed by atoms with Crippen molar-refractivity contribution < 1.29 is 19.5 Å². The van der Waals surface area contributed by atoms with Crippen molar-refractivity contribution in [1.29, 1.82) is 0 Å². The van der Waals surface area contributed by atoms with Crippen LogP contribution in [0.2, 0.25) is 5.02 Å². The number of hydrogen-bond donors (Lipinski definition) is 2. The molecule has 0 bridgehead atoms. The fourth-order valence-electron chi connectivity index (χ4n) is 3.59. The average molecular weight is 365 g/mol. The fourth-order valence-corrected chi connectivity index (χ4v) is 3.83. The van der Waals surface area contributed by atoms with Crippen LogP contribution in [0, 0.1) is 11.8 Å². The van der Waals surface area contributed by atoms with Crippen LogP contribution in [-0.4, -0.2) is 35.5 Å². The zero-order valence-corrected chi connectivity index (χ0v) is 14.5. The van der Waals surface area contributed by atoms with Crippen LogP contribution in [0.3, 0.4) is 0 Å². The Morgan fingerprint density at radius 1 is 1.12 bits per heavy atom. The van der Waals surface area contributed by atoms with E-state index in [0.717, 1.165) is 0 Å². The summed E-state index contributed by atoms with van der Waals surface area (Å²) in [4.78, 5) is 37.3. The molecule has 6 nitrogen and oxygen atoms in total. The van der Waals surface area contributed by atoms with Crippen LogP contribution in [0.25, 0.3) is 0 Å². The van der Waals surface area contributed by atoms with Crippen molar-refractivity contribution in [3.63, 3.8) is 0 Å². The second-order valence-electron chi connectivity index (χ2n) is 6.75. The molecule has 2 fully saturated rings. The van der Waals surface area contributed by atoms with E-state index in [0.29, 0.717) is 42.9 Å². The number of anilines is 1. The number of carboxylic acid groups (broad SMARTS) is 1. The van der Waals surface area contributed by atoms with Gasteiger partial charge >= 0.3 is 5.97 Å². The maximum Gasteiger partial charge on any atom is 0.306 e. The lowest BCUT2D eigenvalue weighted by atomic mass is 9.86. The second kappa shape index (κ2) is 7.44. The van der Waals surface area contributed by atoms with E-state index in [1.807, 2.05) is 6.07 Å². The summed E-state index contributed by atoms with van der Waals surface area (Å²) in [6.07, 6.45) is 2.65. The predicted molar refractivity (Wildman–Crippen MR) is 93.4 cm³/mol. The Balaban J connectivity index is 1.57. The highest BCUT2D eigenvalue weighted by molar-refractivity contribution is 6.33. The molecule has 2 N–H and O–H groups in total. The number of nitrogens with zero attached hydrogens (tertiary/aromatic N) is 1. The molecule has 1 aliphatic heterocycles. The van der Waals surface area contributed by atoms with E-state index in [2.05, 4.69) is 5.32 Å². The third-order valence-corrected chi connectivity index (χ3v) is 5.38. The first-order valence-electron chi connectivity index (χ1n) is 8.53. The standard InChI is InChI=1S/C18H21ClN2O4/c19-14-3-1-2-4-15(14)21-10-12(9-16(21)22)17(23)20-13-7-5-11(6-8-13)18(24)25/h1-4,11-13H,5-10H2,(H,20,23)(H,24,25)/t11?,12-,13?/m0/s1. The van der Waals surface area contributed by atoms with Crippen LogP contribution < -0.4 is 10.2 Å². The topological polar surface area (TPSA) is 86.7 Å². The van der Waals surface area contributed by atoms with Crippen molar-refractivity contribution in [2.75, 3.05) is 11.4 Å². The van der Waals surface area contributed by atoms with Gasteiger partial charge in [0.25, 0.3) is 0 Å². The van der Waals surface area contributed by atoms with E-state index in [9.17, 15) is 14.4 Å². The maximum absolute atomic E-state index is 12.5. The Labute approximate surface area is 151 Å². The van der Waals surface area contributed by atoms with Crippen LogP contribution in [-0.2, 0) is 14.4 Å². The van der Waals surface area contributed by atoms with Crippen LogP contribution in [0.1, 0.15) is 32.1 Å². The van der Waals surface area contributed by atoms with E-state index in [1.165, 1.54) is 0 Å². The average Bonchev–Trinajstić information content (AvgIpc) is 2.97. The van der Waals surface area contributed by atoms with Gasteiger partial charge in [-0.1, -0.05) is 23.7 Å². The Morgan fingerprint density at radius 3 is 2.44 bits per heavy atom. The largest absolute Gasteiger partial charge is 0.481 e. The molecule has 1 aliphatic carbocycles. The number of aliphatic carboxylic acids is 1. The number of nitrogens with one attached hydrogen (secondary N) is 1. The Hall–Kier alpha value is -2.08. The van der Waals surface area contributed by atoms with Gasteiger partial charge in [-0.05, 0) is 37.8 Å². The van der Waals surface area contributed by atoms with Crippen molar-refractivity contribution in [1.82, 2.24) is 5.32 Å². The van der Waals surface area contributed by atoms with Crippen molar-refractivity contribution in [2.45, 2.75) is 38.1 Å². The highest BCUT2D eigenvalue weighted by Gasteiger charge is 2.37. The molecule has 1 saturated carbocycles. The van der Waals surface area contributed by atoms with E-state index in [1.54, 1.807) is 23.1 Å². The third-order valence-electron chi connectivity index (χ3n) is 5.06. The molecular weight excluding hydrogens is 344 g/mol. The quantitative estimate of drug-likeness (QED) is 0.859. The minimum absolute atomic E-state index is 0.00688. The molecule has 1 aromatic rings. The number of carbonyl (C=O) groups excluding carboxylic acids is 2. The summed E-state index contributed by atoms with van der Waals surface area (Å²) in [7, 11) is 0. The summed E-state index contributed by atoms with van der Waals surface area (Å²) in [6, 6.07) is 7.09. The van der Waals surface area contributed by atoms with Gasteiger partial charge in [0.1, 0.15) is 0 Å². The molecule has 0 aromatic heterocycles. The number of amides is 2. The number of halogens is 1. The first-order valence-corrected chi connectivity index (χ1v) is 8.91. The lowest BCUT2D eigenvalue weighted by Crippen LogP contribution is -2.42. The lowest BCUT2D eigenvalue weighted by Gasteiger charge is -2.27. The van der Waals surface area contributed by atoms with Crippen LogP contribution in [0.4, 0.5) is 5.69 Å². The smallest absolute Gasteiger partial charge is 0.306 e. The van der Waals surface area contributed by atoms with Gasteiger partial charge in [0, 0.05) is 19.0 Å². The summed E-state index contributed by atoms with van der Waals surface area (Å²) in [5.41, 5.74) is 0.631. The normalized spacial score (nSPS) is 26.5. The first-order chi connectivity index (χ1) is 12.0. The molecule has 0 radical (unpaired) electrons. The number of rotatable bonds is 4. The first kappa shape index (κ1) is 17.7. The minimum atomic E-state index is -0.762. The lowest BCUT2D eigenvalue weighted by molar-refractivity contribution is -0.142. The van der Waals surface area contributed by atoms with Gasteiger partial charge in [0.05, 0.1) is 22.5 Å². The molecule has 3 rings (SSSR count).